The molecule has 0 N–H and O–H groups in total. The summed E-state index contributed by atoms with van der Waals surface area (Å²) in [6.07, 6.45) is 4.73. The van der Waals surface area contributed by atoms with Crippen LogP contribution in [0.4, 0.5) is 0 Å². The SMILES string of the molecule is CCC(N=O)c1ccn2cccc2c1C. The maximum absolute atomic E-state index is 10.7. The minimum absolute atomic E-state index is 0.218. The van der Waals surface area contributed by atoms with E-state index in [0.29, 0.717) is 0 Å². The van der Waals surface area contributed by atoms with Crippen LogP contribution >= 0.6 is 0 Å². The van der Waals surface area contributed by atoms with Gasteiger partial charge in [0.2, 0.25) is 0 Å². The lowest BCUT2D eigenvalue weighted by Gasteiger charge is -2.11. The predicted molar refractivity (Wildman–Crippen MR) is 61.0 cm³/mol. The monoisotopic (exact) mass is 202 g/mol. The summed E-state index contributed by atoms with van der Waals surface area (Å²) < 4.78 is 2.05. The van der Waals surface area contributed by atoms with E-state index >= 15 is 0 Å². The molecule has 2 aromatic rings. The minimum Gasteiger partial charge on any atom is -0.324 e. The second-order valence-corrected chi connectivity index (χ2v) is 3.73. The van der Waals surface area contributed by atoms with Crippen LogP contribution in [0, 0.1) is 11.8 Å². The summed E-state index contributed by atoms with van der Waals surface area (Å²) in [7, 11) is 0. The first-order valence-corrected chi connectivity index (χ1v) is 5.16. The van der Waals surface area contributed by atoms with Crippen LogP contribution in [0.3, 0.4) is 0 Å². The second-order valence-electron chi connectivity index (χ2n) is 3.73. The van der Waals surface area contributed by atoms with Crippen LogP contribution in [-0.4, -0.2) is 4.40 Å². The molecule has 0 amide bonds. The van der Waals surface area contributed by atoms with Gasteiger partial charge in [-0.25, -0.2) is 0 Å². The number of pyridine rings is 1. The second kappa shape index (κ2) is 3.85. The van der Waals surface area contributed by atoms with Crippen LogP contribution in [-0.2, 0) is 0 Å². The molecular weight excluding hydrogens is 188 g/mol. The fourth-order valence-electron chi connectivity index (χ4n) is 1.99. The summed E-state index contributed by atoms with van der Waals surface area (Å²) in [4.78, 5) is 10.7. The van der Waals surface area contributed by atoms with Gasteiger partial charge in [0, 0.05) is 17.9 Å². The molecule has 0 aromatic carbocycles. The van der Waals surface area contributed by atoms with Gasteiger partial charge in [0.25, 0.3) is 0 Å². The van der Waals surface area contributed by atoms with Gasteiger partial charge in [-0.2, -0.15) is 4.91 Å². The van der Waals surface area contributed by atoms with Crippen LogP contribution in [0.2, 0.25) is 0 Å². The first kappa shape index (κ1) is 9.90. The normalized spacial score (nSPS) is 12.9. The third-order valence-electron chi connectivity index (χ3n) is 2.88. The van der Waals surface area contributed by atoms with Crippen LogP contribution in [0.1, 0.15) is 30.5 Å². The van der Waals surface area contributed by atoms with Gasteiger partial charge in [-0.05, 0) is 42.7 Å². The zero-order valence-corrected chi connectivity index (χ0v) is 8.97. The molecule has 0 saturated heterocycles. The van der Waals surface area contributed by atoms with Gasteiger partial charge in [0.1, 0.15) is 6.04 Å². The van der Waals surface area contributed by atoms with Crippen molar-refractivity contribution in [1.29, 1.82) is 0 Å². The molecule has 3 nitrogen and oxygen atoms in total. The fraction of sp³-hybridized carbons (Fsp3) is 0.333. The Labute approximate surface area is 88.7 Å². The minimum atomic E-state index is -0.218. The van der Waals surface area contributed by atoms with E-state index in [1.165, 1.54) is 0 Å². The molecule has 0 aliphatic carbocycles. The lowest BCUT2D eigenvalue weighted by Crippen LogP contribution is -1.98. The van der Waals surface area contributed by atoms with Crippen molar-refractivity contribution in [2.24, 2.45) is 5.18 Å². The van der Waals surface area contributed by atoms with Crippen LogP contribution in [0.15, 0.2) is 35.8 Å². The van der Waals surface area contributed by atoms with Gasteiger partial charge in [0.05, 0.1) is 0 Å². The van der Waals surface area contributed by atoms with Crippen molar-refractivity contribution in [2.75, 3.05) is 0 Å². The molecular formula is C12H14N2O. The molecule has 0 fully saturated rings. The van der Waals surface area contributed by atoms with E-state index in [1.807, 2.05) is 38.4 Å². The molecule has 15 heavy (non-hydrogen) atoms. The van der Waals surface area contributed by atoms with E-state index in [-0.39, 0.29) is 6.04 Å². The summed E-state index contributed by atoms with van der Waals surface area (Å²) in [6, 6.07) is 5.82. The van der Waals surface area contributed by atoms with Crippen molar-refractivity contribution in [1.82, 2.24) is 4.40 Å². The van der Waals surface area contributed by atoms with Gasteiger partial charge >= 0.3 is 0 Å². The van der Waals surface area contributed by atoms with E-state index in [9.17, 15) is 4.91 Å². The zero-order chi connectivity index (χ0) is 10.8. The lowest BCUT2D eigenvalue weighted by atomic mass is 10.0. The standard InChI is InChI=1S/C12H14N2O/c1-3-11(13-15)10-6-8-14-7-4-5-12(14)9(10)2/h4-8,11H,3H2,1-2H3. The average molecular weight is 202 g/mol. The van der Waals surface area contributed by atoms with Crippen molar-refractivity contribution in [3.8, 4) is 0 Å². The smallest absolute Gasteiger partial charge is 0.117 e. The molecule has 2 heterocycles. The van der Waals surface area contributed by atoms with E-state index in [2.05, 4.69) is 15.6 Å². The highest BCUT2D eigenvalue weighted by Gasteiger charge is 2.13. The van der Waals surface area contributed by atoms with Crippen molar-refractivity contribution in [2.45, 2.75) is 26.3 Å². The van der Waals surface area contributed by atoms with Crippen molar-refractivity contribution in [3.63, 3.8) is 0 Å². The molecule has 0 aliphatic heterocycles. The van der Waals surface area contributed by atoms with Crippen LogP contribution in [0.5, 0.6) is 0 Å². The Kier molecular flexibility index (Phi) is 2.54. The molecule has 0 bridgehead atoms. The molecule has 3 heteroatoms. The van der Waals surface area contributed by atoms with Gasteiger partial charge in [0.15, 0.2) is 0 Å². The number of nitroso groups, excluding NO2 is 1. The molecule has 0 aliphatic rings. The van der Waals surface area contributed by atoms with E-state index in [1.54, 1.807) is 0 Å². The predicted octanol–water partition coefficient (Wildman–Crippen LogP) is 3.47. The van der Waals surface area contributed by atoms with Crippen molar-refractivity contribution >= 4 is 5.52 Å². The number of hydrogen-bond acceptors (Lipinski definition) is 2. The summed E-state index contributed by atoms with van der Waals surface area (Å²) in [5, 5.41) is 3.17. The quantitative estimate of drug-likeness (QED) is 0.701. The van der Waals surface area contributed by atoms with Gasteiger partial charge < -0.3 is 4.40 Å². The molecule has 0 spiro atoms. The molecule has 2 rings (SSSR count). The van der Waals surface area contributed by atoms with E-state index < -0.39 is 0 Å². The maximum atomic E-state index is 10.7. The molecule has 2 aromatic heterocycles. The van der Waals surface area contributed by atoms with E-state index in [0.717, 1.165) is 23.1 Å². The number of fused-ring (bicyclic) bond motifs is 1. The molecule has 0 radical (unpaired) electrons. The topological polar surface area (TPSA) is 33.8 Å². The summed E-state index contributed by atoms with van der Waals surface area (Å²) >= 11 is 0. The zero-order valence-electron chi connectivity index (χ0n) is 8.97. The Morgan fingerprint density at radius 2 is 2.20 bits per heavy atom. The van der Waals surface area contributed by atoms with Crippen molar-refractivity contribution in [3.05, 3.63) is 46.6 Å². The van der Waals surface area contributed by atoms with Crippen LogP contribution < -0.4 is 0 Å². The average Bonchev–Trinajstić information content (AvgIpc) is 2.71. The fourth-order valence-corrected chi connectivity index (χ4v) is 1.99. The largest absolute Gasteiger partial charge is 0.324 e. The van der Waals surface area contributed by atoms with Crippen LogP contribution in [0.25, 0.3) is 5.52 Å². The highest BCUT2D eigenvalue weighted by molar-refractivity contribution is 5.58. The van der Waals surface area contributed by atoms with Crippen molar-refractivity contribution < 1.29 is 0 Å². The number of hydrogen-bond donors (Lipinski definition) is 0. The highest BCUT2D eigenvalue weighted by Crippen LogP contribution is 2.26. The first-order chi connectivity index (χ1) is 7.27. The summed E-state index contributed by atoms with van der Waals surface area (Å²) in [5.74, 6) is 0. The third-order valence-corrected chi connectivity index (χ3v) is 2.88. The molecule has 0 saturated carbocycles. The van der Waals surface area contributed by atoms with E-state index in [4.69, 9.17) is 0 Å². The lowest BCUT2D eigenvalue weighted by molar-refractivity contribution is 0.690. The number of nitrogens with zero attached hydrogens (tertiary/aromatic N) is 2. The number of aromatic nitrogens is 1. The van der Waals surface area contributed by atoms with Gasteiger partial charge in [-0.1, -0.05) is 12.1 Å². The third kappa shape index (κ3) is 1.54. The Morgan fingerprint density at radius 1 is 1.40 bits per heavy atom. The first-order valence-electron chi connectivity index (χ1n) is 5.16. The summed E-state index contributed by atoms with van der Waals surface area (Å²) in [5.41, 5.74) is 3.34. The van der Waals surface area contributed by atoms with Gasteiger partial charge in [-0.15, -0.1) is 0 Å². The Balaban J connectivity index is 2.61. The Morgan fingerprint density at radius 3 is 2.87 bits per heavy atom. The maximum Gasteiger partial charge on any atom is 0.117 e. The Hall–Kier alpha value is -1.64. The molecule has 1 atom stereocenters. The Bertz CT molecular complexity index is 487. The highest BCUT2D eigenvalue weighted by atomic mass is 16.3. The van der Waals surface area contributed by atoms with Gasteiger partial charge in [-0.3, -0.25) is 0 Å². The molecule has 78 valence electrons. The number of rotatable bonds is 3. The summed E-state index contributed by atoms with van der Waals surface area (Å²) in [6.45, 7) is 4.02. The molecule has 1 unspecified atom stereocenters. The number of aryl methyl sites for hydroxylation is 1.